The minimum Gasteiger partial charge on any atom is -0.294 e. The maximum absolute atomic E-state index is 13.0. The first kappa shape index (κ1) is 14.9. The molecule has 4 heteroatoms. The SMILES string of the molecule is FC(F)(F)c1cccc(C2(N3CCCC3)CCCCC2)c1. The number of alkyl halides is 3. The van der Waals surface area contributed by atoms with E-state index in [2.05, 4.69) is 4.90 Å². The fourth-order valence-electron chi connectivity index (χ4n) is 4.05. The van der Waals surface area contributed by atoms with E-state index in [4.69, 9.17) is 0 Å². The summed E-state index contributed by atoms with van der Waals surface area (Å²) in [6.07, 6.45) is 3.51. The molecule has 1 saturated carbocycles. The lowest BCUT2D eigenvalue weighted by atomic mass is 9.75. The number of hydrogen-bond donors (Lipinski definition) is 0. The predicted molar refractivity (Wildman–Crippen MR) is 77.0 cm³/mol. The number of likely N-dealkylation sites (tertiary alicyclic amines) is 1. The number of benzene rings is 1. The van der Waals surface area contributed by atoms with E-state index >= 15 is 0 Å². The van der Waals surface area contributed by atoms with Gasteiger partial charge in [0.25, 0.3) is 0 Å². The molecule has 0 atom stereocenters. The van der Waals surface area contributed by atoms with Gasteiger partial charge in [0, 0.05) is 5.54 Å². The van der Waals surface area contributed by atoms with E-state index in [1.807, 2.05) is 6.07 Å². The Labute approximate surface area is 124 Å². The number of rotatable bonds is 2. The molecule has 1 heterocycles. The van der Waals surface area contributed by atoms with E-state index in [0.717, 1.165) is 44.3 Å². The third-order valence-corrected chi connectivity index (χ3v) is 5.12. The van der Waals surface area contributed by atoms with Crippen molar-refractivity contribution in [1.82, 2.24) is 4.90 Å². The summed E-state index contributed by atoms with van der Waals surface area (Å²) in [4.78, 5) is 2.45. The molecule has 1 aliphatic heterocycles. The van der Waals surface area contributed by atoms with E-state index in [1.165, 1.54) is 31.4 Å². The molecule has 0 unspecified atom stereocenters. The molecule has 0 bridgehead atoms. The zero-order valence-electron chi connectivity index (χ0n) is 12.3. The first-order chi connectivity index (χ1) is 10.0. The quantitative estimate of drug-likeness (QED) is 0.745. The molecule has 1 saturated heterocycles. The van der Waals surface area contributed by atoms with Crippen LogP contribution in [-0.4, -0.2) is 18.0 Å². The number of halogens is 3. The fourth-order valence-corrected chi connectivity index (χ4v) is 4.05. The van der Waals surface area contributed by atoms with Crippen LogP contribution >= 0.6 is 0 Å². The Balaban J connectivity index is 2.00. The Morgan fingerprint density at radius 3 is 2.19 bits per heavy atom. The maximum atomic E-state index is 13.0. The topological polar surface area (TPSA) is 3.24 Å². The lowest BCUT2D eigenvalue weighted by molar-refractivity contribution is -0.137. The van der Waals surface area contributed by atoms with Gasteiger partial charge in [0.2, 0.25) is 0 Å². The van der Waals surface area contributed by atoms with Crippen LogP contribution in [0.3, 0.4) is 0 Å². The molecule has 0 N–H and O–H groups in total. The fraction of sp³-hybridized carbons (Fsp3) is 0.647. The first-order valence-electron chi connectivity index (χ1n) is 7.95. The third kappa shape index (κ3) is 2.83. The molecular formula is C17H22F3N. The van der Waals surface area contributed by atoms with Crippen molar-refractivity contribution >= 4 is 0 Å². The molecule has 2 aliphatic rings. The second-order valence-corrected chi connectivity index (χ2v) is 6.36. The summed E-state index contributed by atoms with van der Waals surface area (Å²) in [5.41, 5.74) is 0.207. The minimum atomic E-state index is -4.25. The number of nitrogens with zero attached hydrogens (tertiary/aromatic N) is 1. The van der Waals surface area contributed by atoms with Crippen LogP contribution in [0.15, 0.2) is 24.3 Å². The molecule has 3 rings (SSSR count). The van der Waals surface area contributed by atoms with Gasteiger partial charge < -0.3 is 0 Å². The zero-order valence-corrected chi connectivity index (χ0v) is 12.3. The van der Waals surface area contributed by atoms with E-state index < -0.39 is 11.7 Å². The van der Waals surface area contributed by atoms with Crippen LogP contribution in [0.5, 0.6) is 0 Å². The summed E-state index contributed by atoms with van der Waals surface area (Å²) in [5, 5.41) is 0. The van der Waals surface area contributed by atoms with E-state index in [0.29, 0.717) is 0 Å². The lowest BCUT2D eigenvalue weighted by Crippen LogP contribution is -2.46. The van der Waals surface area contributed by atoms with Crippen LogP contribution < -0.4 is 0 Å². The molecule has 1 aliphatic carbocycles. The summed E-state index contributed by atoms with van der Waals surface area (Å²) in [5.74, 6) is 0. The Bertz CT molecular complexity index is 483. The average molecular weight is 297 g/mol. The molecule has 1 nitrogen and oxygen atoms in total. The van der Waals surface area contributed by atoms with Gasteiger partial charge in [0.05, 0.1) is 5.56 Å². The van der Waals surface area contributed by atoms with E-state index in [1.54, 1.807) is 6.07 Å². The molecule has 21 heavy (non-hydrogen) atoms. The second-order valence-electron chi connectivity index (χ2n) is 6.36. The normalized spacial score (nSPS) is 23.4. The standard InChI is InChI=1S/C17H22F3N/c18-17(19,20)15-8-6-7-14(13-15)16(9-2-1-3-10-16)21-11-4-5-12-21/h6-8,13H,1-5,9-12H2. The number of hydrogen-bond acceptors (Lipinski definition) is 1. The van der Waals surface area contributed by atoms with Gasteiger partial charge in [-0.05, 0) is 56.5 Å². The summed E-state index contributed by atoms with van der Waals surface area (Å²) in [6.45, 7) is 2.05. The Morgan fingerprint density at radius 1 is 0.905 bits per heavy atom. The maximum Gasteiger partial charge on any atom is 0.416 e. The van der Waals surface area contributed by atoms with Crippen molar-refractivity contribution in [3.63, 3.8) is 0 Å². The van der Waals surface area contributed by atoms with Crippen LogP contribution in [0.4, 0.5) is 13.2 Å². The molecule has 0 spiro atoms. The highest BCUT2D eigenvalue weighted by atomic mass is 19.4. The molecule has 1 aromatic carbocycles. The third-order valence-electron chi connectivity index (χ3n) is 5.12. The van der Waals surface area contributed by atoms with Gasteiger partial charge in [0.1, 0.15) is 0 Å². The molecule has 0 aromatic heterocycles. The van der Waals surface area contributed by atoms with Crippen molar-refractivity contribution in [1.29, 1.82) is 0 Å². The van der Waals surface area contributed by atoms with Crippen LogP contribution in [0.1, 0.15) is 56.1 Å². The minimum absolute atomic E-state index is 0.157. The van der Waals surface area contributed by atoms with Crippen molar-refractivity contribution in [2.75, 3.05) is 13.1 Å². The van der Waals surface area contributed by atoms with Crippen molar-refractivity contribution in [3.05, 3.63) is 35.4 Å². The van der Waals surface area contributed by atoms with Gasteiger partial charge in [-0.25, -0.2) is 0 Å². The molecular weight excluding hydrogens is 275 g/mol. The van der Waals surface area contributed by atoms with Gasteiger partial charge >= 0.3 is 6.18 Å². The summed E-state index contributed by atoms with van der Waals surface area (Å²) in [7, 11) is 0. The highest BCUT2D eigenvalue weighted by Gasteiger charge is 2.41. The molecule has 0 radical (unpaired) electrons. The molecule has 0 amide bonds. The van der Waals surface area contributed by atoms with E-state index in [9.17, 15) is 13.2 Å². The molecule has 2 fully saturated rings. The molecule has 1 aromatic rings. The van der Waals surface area contributed by atoms with Crippen molar-refractivity contribution in [2.45, 2.75) is 56.7 Å². The van der Waals surface area contributed by atoms with Crippen molar-refractivity contribution in [3.8, 4) is 0 Å². The van der Waals surface area contributed by atoms with Gasteiger partial charge in [-0.2, -0.15) is 13.2 Å². The first-order valence-corrected chi connectivity index (χ1v) is 7.95. The van der Waals surface area contributed by atoms with Gasteiger partial charge in [-0.15, -0.1) is 0 Å². The largest absolute Gasteiger partial charge is 0.416 e. The van der Waals surface area contributed by atoms with Crippen LogP contribution in [0.25, 0.3) is 0 Å². The molecule has 116 valence electrons. The van der Waals surface area contributed by atoms with Gasteiger partial charge in [-0.3, -0.25) is 4.90 Å². The van der Waals surface area contributed by atoms with Crippen molar-refractivity contribution in [2.24, 2.45) is 0 Å². The van der Waals surface area contributed by atoms with E-state index in [-0.39, 0.29) is 5.54 Å². The smallest absolute Gasteiger partial charge is 0.294 e. The highest BCUT2D eigenvalue weighted by Crippen LogP contribution is 2.45. The Morgan fingerprint density at radius 2 is 1.57 bits per heavy atom. The average Bonchev–Trinajstić information content (AvgIpc) is 3.02. The Hall–Kier alpha value is -1.03. The summed E-state index contributed by atoms with van der Waals surface area (Å²) < 4.78 is 39.1. The predicted octanol–water partition coefficient (Wildman–Crippen LogP) is 4.96. The van der Waals surface area contributed by atoms with Crippen LogP contribution in [0, 0.1) is 0 Å². The van der Waals surface area contributed by atoms with Crippen LogP contribution in [-0.2, 0) is 11.7 Å². The summed E-state index contributed by atoms with van der Waals surface area (Å²) in [6, 6.07) is 6.05. The van der Waals surface area contributed by atoms with Crippen LogP contribution in [0.2, 0.25) is 0 Å². The monoisotopic (exact) mass is 297 g/mol. The second kappa shape index (κ2) is 5.64. The van der Waals surface area contributed by atoms with Crippen molar-refractivity contribution < 1.29 is 13.2 Å². The highest BCUT2D eigenvalue weighted by molar-refractivity contribution is 5.32. The summed E-state index contributed by atoms with van der Waals surface area (Å²) >= 11 is 0. The van der Waals surface area contributed by atoms with Gasteiger partial charge in [0.15, 0.2) is 0 Å². The Kier molecular flexibility index (Phi) is 4.00. The van der Waals surface area contributed by atoms with Gasteiger partial charge in [-0.1, -0.05) is 31.4 Å². The lowest BCUT2D eigenvalue weighted by Gasteiger charge is -2.45. The zero-order chi connectivity index (χ0) is 14.9.